The molecule has 1 aromatic heterocycles. The Morgan fingerprint density at radius 1 is 1.33 bits per heavy atom. The van der Waals surface area contributed by atoms with E-state index in [1.54, 1.807) is 0 Å². The van der Waals surface area contributed by atoms with Crippen LogP contribution in [0.15, 0.2) is 4.52 Å². The van der Waals surface area contributed by atoms with Crippen LogP contribution in [-0.2, 0) is 6.54 Å². The standard InChI is InChI=1S/C13H24N4O/c1-9(2)13-15-12(18-16-13)8-17(3)11-6-4-10(14)5-7-11/h9-11H,4-8,14H2,1-3H3. The summed E-state index contributed by atoms with van der Waals surface area (Å²) in [7, 11) is 2.13. The van der Waals surface area contributed by atoms with Gasteiger partial charge in [0.2, 0.25) is 5.89 Å². The first kappa shape index (κ1) is 13.5. The molecule has 0 aromatic carbocycles. The zero-order valence-electron chi connectivity index (χ0n) is 11.6. The van der Waals surface area contributed by atoms with E-state index in [1.165, 1.54) is 12.8 Å². The Kier molecular flexibility index (Phi) is 4.35. The average molecular weight is 252 g/mol. The molecule has 0 saturated heterocycles. The van der Waals surface area contributed by atoms with Gasteiger partial charge in [-0.1, -0.05) is 19.0 Å². The van der Waals surface area contributed by atoms with Gasteiger partial charge in [0.15, 0.2) is 5.82 Å². The molecule has 1 aromatic rings. The minimum Gasteiger partial charge on any atom is -0.338 e. The first-order chi connectivity index (χ1) is 8.56. The molecule has 2 rings (SSSR count). The SMILES string of the molecule is CC(C)c1noc(CN(C)C2CCC(N)CC2)n1. The summed E-state index contributed by atoms with van der Waals surface area (Å²) in [6.45, 7) is 4.88. The van der Waals surface area contributed by atoms with Crippen LogP contribution in [0.5, 0.6) is 0 Å². The fourth-order valence-electron chi connectivity index (χ4n) is 2.45. The van der Waals surface area contributed by atoms with Crippen molar-refractivity contribution in [3.05, 3.63) is 11.7 Å². The van der Waals surface area contributed by atoms with Crippen molar-refractivity contribution in [2.75, 3.05) is 7.05 Å². The highest BCUT2D eigenvalue weighted by molar-refractivity contribution is 4.92. The van der Waals surface area contributed by atoms with Gasteiger partial charge in [0, 0.05) is 18.0 Å². The number of hydrogen-bond donors (Lipinski definition) is 1. The van der Waals surface area contributed by atoms with E-state index in [1.807, 2.05) is 0 Å². The maximum atomic E-state index is 5.93. The maximum absolute atomic E-state index is 5.93. The van der Waals surface area contributed by atoms with Crippen LogP contribution in [0, 0.1) is 0 Å². The van der Waals surface area contributed by atoms with E-state index < -0.39 is 0 Å². The number of rotatable bonds is 4. The van der Waals surface area contributed by atoms with Crippen LogP contribution >= 0.6 is 0 Å². The molecule has 5 nitrogen and oxygen atoms in total. The number of nitrogens with zero attached hydrogens (tertiary/aromatic N) is 3. The second-order valence-corrected chi connectivity index (χ2v) is 5.68. The summed E-state index contributed by atoms with van der Waals surface area (Å²) >= 11 is 0. The van der Waals surface area contributed by atoms with Gasteiger partial charge in [0.25, 0.3) is 0 Å². The van der Waals surface area contributed by atoms with E-state index in [-0.39, 0.29) is 0 Å². The quantitative estimate of drug-likeness (QED) is 0.886. The highest BCUT2D eigenvalue weighted by atomic mass is 16.5. The highest BCUT2D eigenvalue weighted by Gasteiger charge is 2.23. The molecule has 1 fully saturated rings. The van der Waals surface area contributed by atoms with Crippen LogP contribution < -0.4 is 5.73 Å². The second-order valence-electron chi connectivity index (χ2n) is 5.68. The molecule has 0 bridgehead atoms. The minimum absolute atomic E-state index is 0.320. The molecule has 0 atom stereocenters. The van der Waals surface area contributed by atoms with Gasteiger partial charge in [-0.2, -0.15) is 4.98 Å². The smallest absolute Gasteiger partial charge is 0.240 e. The van der Waals surface area contributed by atoms with Crippen molar-refractivity contribution in [1.82, 2.24) is 15.0 Å². The van der Waals surface area contributed by atoms with Gasteiger partial charge >= 0.3 is 0 Å². The molecule has 2 N–H and O–H groups in total. The molecule has 1 aliphatic rings. The molecule has 5 heteroatoms. The van der Waals surface area contributed by atoms with Crippen LogP contribution in [0.25, 0.3) is 0 Å². The van der Waals surface area contributed by atoms with Gasteiger partial charge in [-0.15, -0.1) is 0 Å². The van der Waals surface area contributed by atoms with E-state index in [0.29, 0.717) is 18.0 Å². The maximum Gasteiger partial charge on any atom is 0.240 e. The van der Waals surface area contributed by atoms with E-state index in [4.69, 9.17) is 10.3 Å². The van der Waals surface area contributed by atoms with Crippen LogP contribution in [-0.4, -0.2) is 34.2 Å². The normalized spacial score (nSPS) is 25.0. The zero-order valence-corrected chi connectivity index (χ0v) is 11.6. The van der Waals surface area contributed by atoms with E-state index in [0.717, 1.165) is 31.1 Å². The molecule has 1 heterocycles. The largest absolute Gasteiger partial charge is 0.338 e. The van der Waals surface area contributed by atoms with Crippen LogP contribution in [0.2, 0.25) is 0 Å². The third-order valence-electron chi connectivity index (χ3n) is 3.75. The summed E-state index contributed by atoms with van der Waals surface area (Å²) in [4.78, 5) is 6.72. The van der Waals surface area contributed by atoms with Crippen molar-refractivity contribution in [2.24, 2.45) is 5.73 Å². The first-order valence-electron chi connectivity index (χ1n) is 6.84. The van der Waals surface area contributed by atoms with Crippen LogP contribution in [0.4, 0.5) is 0 Å². The fraction of sp³-hybridized carbons (Fsp3) is 0.846. The summed E-state index contributed by atoms with van der Waals surface area (Å²) in [6.07, 6.45) is 4.58. The highest BCUT2D eigenvalue weighted by Crippen LogP contribution is 2.22. The zero-order chi connectivity index (χ0) is 13.1. The molecule has 0 unspecified atom stereocenters. The Bertz CT molecular complexity index is 369. The lowest BCUT2D eigenvalue weighted by Gasteiger charge is -2.32. The van der Waals surface area contributed by atoms with Crippen molar-refractivity contribution in [2.45, 2.75) is 64.1 Å². The summed E-state index contributed by atoms with van der Waals surface area (Å²) in [6, 6.07) is 0.991. The fourth-order valence-corrected chi connectivity index (χ4v) is 2.45. The molecule has 1 saturated carbocycles. The van der Waals surface area contributed by atoms with Gasteiger partial charge in [-0.3, -0.25) is 4.90 Å². The van der Waals surface area contributed by atoms with Gasteiger partial charge in [-0.05, 0) is 32.7 Å². The third kappa shape index (κ3) is 3.29. The third-order valence-corrected chi connectivity index (χ3v) is 3.75. The summed E-state index contributed by atoms with van der Waals surface area (Å²) in [5.41, 5.74) is 5.93. The van der Waals surface area contributed by atoms with Gasteiger partial charge in [0.05, 0.1) is 6.54 Å². The van der Waals surface area contributed by atoms with Crippen molar-refractivity contribution >= 4 is 0 Å². The Hall–Kier alpha value is -0.940. The second kappa shape index (κ2) is 5.80. The first-order valence-corrected chi connectivity index (χ1v) is 6.84. The lowest BCUT2D eigenvalue weighted by molar-refractivity contribution is 0.158. The van der Waals surface area contributed by atoms with Gasteiger partial charge in [0.1, 0.15) is 0 Å². The Balaban J connectivity index is 1.88. The molecule has 0 aliphatic heterocycles. The predicted molar refractivity (Wildman–Crippen MR) is 70.1 cm³/mol. The summed E-state index contributed by atoms with van der Waals surface area (Å²) in [5, 5.41) is 3.99. The minimum atomic E-state index is 0.320. The van der Waals surface area contributed by atoms with Crippen molar-refractivity contribution < 1.29 is 4.52 Å². The van der Waals surface area contributed by atoms with Crippen molar-refractivity contribution in [3.63, 3.8) is 0 Å². The average Bonchev–Trinajstić information content (AvgIpc) is 2.78. The lowest BCUT2D eigenvalue weighted by Crippen LogP contribution is -2.38. The number of aromatic nitrogens is 2. The van der Waals surface area contributed by atoms with Crippen molar-refractivity contribution in [3.8, 4) is 0 Å². The Morgan fingerprint density at radius 2 is 2.00 bits per heavy atom. The number of nitrogens with two attached hydrogens (primary N) is 1. The molecule has 102 valence electrons. The molecule has 0 spiro atoms. The van der Waals surface area contributed by atoms with E-state index >= 15 is 0 Å². The monoisotopic (exact) mass is 252 g/mol. The lowest BCUT2D eigenvalue weighted by atomic mass is 9.91. The summed E-state index contributed by atoms with van der Waals surface area (Å²) < 4.78 is 5.28. The molecule has 18 heavy (non-hydrogen) atoms. The van der Waals surface area contributed by atoms with Crippen LogP contribution in [0.1, 0.15) is 57.2 Å². The molecule has 1 aliphatic carbocycles. The Morgan fingerprint density at radius 3 is 2.56 bits per heavy atom. The summed E-state index contributed by atoms with van der Waals surface area (Å²) in [5.74, 6) is 1.83. The molecule has 0 radical (unpaired) electrons. The Labute approximate surface area is 109 Å². The van der Waals surface area contributed by atoms with Gasteiger partial charge < -0.3 is 10.3 Å². The molecule has 0 amide bonds. The molecular formula is C13H24N4O. The number of hydrogen-bond acceptors (Lipinski definition) is 5. The van der Waals surface area contributed by atoms with E-state index in [2.05, 4.69) is 35.9 Å². The molecular weight excluding hydrogens is 228 g/mol. The predicted octanol–water partition coefficient (Wildman–Crippen LogP) is 1.89. The van der Waals surface area contributed by atoms with Crippen molar-refractivity contribution in [1.29, 1.82) is 0 Å². The topological polar surface area (TPSA) is 68.2 Å². The van der Waals surface area contributed by atoms with E-state index in [9.17, 15) is 0 Å². The van der Waals surface area contributed by atoms with Gasteiger partial charge in [-0.25, -0.2) is 0 Å². The van der Waals surface area contributed by atoms with Crippen LogP contribution in [0.3, 0.4) is 0 Å².